The molecule has 2 aromatic rings. The van der Waals surface area contributed by atoms with Crippen molar-refractivity contribution in [3.05, 3.63) is 47.2 Å². The molecule has 0 fully saturated rings. The van der Waals surface area contributed by atoms with E-state index in [1.807, 2.05) is 37.4 Å². The van der Waals surface area contributed by atoms with Crippen molar-refractivity contribution in [1.29, 1.82) is 5.26 Å². The first-order chi connectivity index (χ1) is 10.2. The minimum atomic E-state index is 0.643. The Bertz CT molecular complexity index is 628. The van der Waals surface area contributed by atoms with E-state index < -0.39 is 0 Å². The van der Waals surface area contributed by atoms with Gasteiger partial charge in [-0.2, -0.15) is 10.2 Å². The first-order valence-corrected chi connectivity index (χ1v) is 7.03. The maximum Gasteiger partial charge on any atom is 0.224 e. The van der Waals surface area contributed by atoms with Gasteiger partial charge in [0.25, 0.3) is 0 Å². The molecular formula is C16H19N5. The van der Waals surface area contributed by atoms with E-state index in [2.05, 4.69) is 33.6 Å². The molecule has 0 aliphatic rings. The number of hydrogen-bond acceptors (Lipinski definition) is 5. The third-order valence-electron chi connectivity index (χ3n) is 3.05. The summed E-state index contributed by atoms with van der Waals surface area (Å²) in [5, 5.41) is 15.3. The summed E-state index contributed by atoms with van der Waals surface area (Å²) in [7, 11) is 0. The molecule has 0 spiro atoms. The van der Waals surface area contributed by atoms with Crippen LogP contribution in [-0.2, 0) is 6.54 Å². The van der Waals surface area contributed by atoms with E-state index in [1.54, 1.807) is 0 Å². The van der Waals surface area contributed by atoms with Gasteiger partial charge in [-0.1, -0.05) is 19.1 Å². The lowest BCUT2D eigenvalue weighted by Crippen LogP contribution is -2.08. The number of rotatable bonds is 6. The lowest BCUT2D eigenvalue weighted by molar-refractivity contribution is 0.947. The van der Waals surface area contributed by atoms with E-state index in [1.165, 1.54) is 0 Å². The predicted octanol–water partition coefficient (Wildman–Crippen LogP) is 3.09. The molecular weight excluding hydrogens is 262 g/mol. The summed E-state index contributed by atoms with van der Waals surface area (Å²) >= 11 is 0. The largest absolute Gasteiger partial charge is 0.366 e. The van der Waals surface area contributed by atoms with Crippen LogP contribution < -0.4 is 10.6 Å². The average molecular weight is 281 g/mol. The minimum Gasteiger partial charge on any atom is -0.366 e. The Hall–Kier alpha value is -2.61. The van der Waals surface area contributed by atoms with Crippen molar-refractivity contribution in [2.24, 2.45) is 0 Å². The Morgan fingerprint density at radius 1 is 1.19 bits per heavy atom. The van der Waals surface area contributed by atoms with Crippen molar-refractivity contribution >= 4 is 11.8 Å². The molecule has 0 unspecified atom stereocenters. The summed E-state index contributed by atoms with van der Waals surface area (Å²) in [5.41, 5.74) is 2.78. The lowest BCUT2D eigenvalue weighted by atomic mass is 10.1. The van der Waals surface area contributed by atoms with E-state index in [4.69, 9.17) is 5.26 Å². The summed E-state index contributed by atoms with van der Waals surface area (Å²) in [4.78, 5) is 8.73. The molecule has 2 rings (SSSR count). The standard InChI is InChI=1S/C16H19N5/c1-3-8-18-16-20-10-12(2)15(21-16)19-11-14-6-4-13(9-17)5-7-14/h4-7,10H,3,8,11H2,1-2H3,(H2,18,19,20,21). The molecule has 1 aromatic heterocycles. The quantitative estimate of drug-likeness (QED) is 0.851. The smallest absolute Gasteiger partial charge is 0.224 e. The SMILES string of the molecule is CCCNc1ncc(C)c(NCc2ccc(C#N)cc2)n1. The fraction of sp³-hybridized carbons (Fsp3) is 0.312. The van der Waals surface area contributed by atoms with Crippen LogP contribution >= 0.6 is 0 Å². The highest BCUT2D eigenvalue weighted by Gasteiger charge is 2.03. The molecule has 2 N–H and O–H groups in total. The minimum absolute atomic E-state index is 0.643. The van der Waals surface area contributed by atoms with Crippen LogP contribution in [0, 0.1) is 18.3 Å². The fourth-order valence-corrected chi connectivity index (χ4v) is 1.83. The zero-order valence-corrected chi connectivity index (χ0v) is 12.3. The lowest BCUT2D eigenvalue weighted by Gasteiger charge is -2.10. The summed E-state index contributed by atoms with van der Waals surface area (Å²) in [5.74, 6) is 1.47. The molecule has 108 valence electrons. The van der Waals surface area contributed by atoms with Gasteiger partial charge in [-0.05, 0) is 31.0 Å². The second-order valence-electron chi connectivity index (χ2n) is 4.81. The summed E-state index contributed by atoms with van der Waals surface area (Å²) in [6.07, 6.45) is 2.84. The number of aryl methyl sites for hydroxylation is 1. The van der Waals surface area contributed by atoms with Crippen molar-refractivity contribution in [3.8, 4) is 6.07 Å². The number of aromatic nitrogens is 2. The Balaban J connectivity index is 2.02. The van der Waals surface area contributed by atoms with Crippen molar-refractivity contribution in [1.82, 2.24) is 9.97 Å². The average Bonchev–Trinajstić information content (AvgIpc) is 2.53. The topological polar surface area (TPSA) is 73.6 Å². The van der Waals surface area contributed by atoms with Gasteiger partial charge in [-0.15, -0.1) is 0 Å². The van der Waals surface area contributed by atoms with Gasteiger partial charge in [0, 0.05) is 24.8 Å². The Morgan fingerprint density at radius 2 is 1.95 bits per heavy atom. The molecule has 0 saturated carbocycles. The molecule has 0 aliphatic heterocycles. The molecule has 1 aromatic carbocycles. The maximum atomic E-state index is 8.78. The molecule has 21 heavy (non-hydrogen) atoms. The van der Waals surface area contributed by atoms with Gasteiger partial charge in [0.2, 0.25) is 5.95 Å². The van der Waals surface area contributed by atoms with Crippen LogP contribution in [0.15, 0.2) is 30.5 Å². The summed E-state index contributed by atoms with van der Waals surface area (Å²) in [6.45, 7) is 5.60. The van der Waals surface area contributed by atoms with Gasteiger partial charge in [0.15, 0.2) is 0 Å². The first kappa shape index (κ1) is 14.8. The van der Waals surface area contributed by atoms with E-state index in [0.717, 1.165) is 29.9 Å². The zero-order chi connectivity index (χ0) is 15.1. The number of anilines is 2. The van der Waals surface area contributed by atoms with Crippen LogP contribution in [0.5, 0.6) is 0 Å². The molecule has 0 radical (unpaired) electrons. The van der Waals surface area contributed by atoms with Gasteiger partial charge in [0.1, 0.15) is 5.82 Å². The molecule has 5 nitrogen and oxygen atoms in total. The van der Waals surface area contributed by atoms with Gasteiger partial charge in [-0.25, -0.2) is 4.98 Å². The van der Waals surface area contributed by atoms with E-state index >= 15 is 0 Å². The normalized spacial score (nSPS) is 9.95. The van der Waals surface area contributed by atoms with Crippen molar-refractivity contribution in [2.45, 2.75) is 26.8 Å². The van der Waals surface area contributed by atoms with Gasteiger partial charge >= 0.3 is 0 Å². The Kier molecular flexibility index (Phi) is 5.10. The molecule has 1 heterocycles. The molecule has 0 amide bonds. The van der Waals surface area contributed by atoms with Crippen molar-refractivity contribution in [3.63, 3.8) is 0 Å². The van der Waals surface area contributed by atoms with Gasteiger partial charge in [-0.3, -0.25) is 0 Å². The third-order valence-corrected chi connectivity index (χ3v) is 3.05. The van der Waals surface area contributed by atoms with Crippen LogP contribution in [-0.4, -0.2) is 16.5 Å². The van der Waals surface area contributed by atoms with E-state index in [0.29, 0.717) is 18.1 Å². The van der Waals surface area contributed by atoms with Crippen LogP contribution in [0.4, 0.5) is 11.8 Å². The van der Waals surface area contributed by atoms with Crippen LogP contribution in [0.1, 0.15) is 30.0 Å². The van der Waals surface area contributed by atoms with E-state index in [9.17, 15) is 0 Å². The molecule has 0 atom stereocenters. The predicted molar refractivity (Wildman–Crippen MR) is 84.0 cm³/mol. The number of nitrogens with zero attached hydrogens (tertiary/aromatic N) is 3. The van der Waals surface area contributed by atoms with Crippen LogP contribution in [0.2, 0.25) is 0 Å². The first-order valence-electron chi connectivity index (χ1n) is 7.03. The number of nitriles is 1. The van der Waals surface area contributed by atoms with Gasteiger partial charge < -0.3 is 10.6 Å². The highest BCUT2D eigenvalue weighted by atomic mass is 15.1. The fourth-order valence-electron chi connectivity index (χ4n) is 1.83. The third kappa shape index (κ3) is 4.18. The van der Waals surface area contributed by atoms with Gasteiger partial charge in [0.05, 0.1) is 11.6 Å². The monoisotopic (exact) mass is 281 g/mol. The van der Waals surface area contributed by atoms with E-state index in [-0.39, 0.29) is 0 Å². The maximum absolute atomic E-state index is 8.78. The molecule has 0 aliphatic carbocycles. The Morgan fingerprint density at radius 3 is 2.62 bits per heavy atom. The van der Waals surface area contributed by atoms with Crippen LogP contribution in [0.3, 0.4) is 0 Å². The van der Waals surface area contributed by atoms with Crippen molar-refractivity contribution in [2.75, 3.05) is 17.2 Å². The second-order valence-corrected chi connectivity index (χ2v) is 4.81. The molecule has 0 saturated heterocycles. The number of benzene rings is 1. The summed E-state index contributed by atoms with van der Waals surface area (Å²) in [6, 6.07) is 9.64. The summed E-state index contributed by atoms with van der Waals surface area (Å²) < 4.78 is 0. The second kappa shape index (κ2) is 7.25. The Labute approximate surface area is 125 Å². The number of hydrogen-bond donors (Lipinski definition) is 2. The zero-order valence-electron chi connectivity index (χ0n) is 12.3. The van der Waals surface area contributed by atoms with Crippen molar-refractivity contribution < 1.29 is 0 Å². The number of nitrogens with one attached hydrogen (secondary N) is 2. The highest BCUT2D eigenvalue weighted by Crippen LogP contribution is 2.14. The molecule has 5 heteroatoms. The highest BCUT2D eigenvalue weighted by molar-refractivity contribution is 5.47. The molecule has 0 bridgehead atoms. The van der Waals surface area contributed by atoms with Crippen LogP contribution in [0.25, 0.3) is 0 Å².